The van der Waals surface area contributed by atoms with E-state index in [0.29, 0.717) is 18.4 Å². The zero-order valence-electron chi connectivity index (χ0n) is 10.4. The maximum Gasteiger partial charge on any atom is 0.220 e. The smallest absolute Gasteiger partial charge is 0.220 e. The Morgan fingerprint density at radius 1 is 1.56 bits per heavy atom. The van der Waals surface area contributed by atoms with Crippen LogP contribution in [0.3, 0.4) is 0 Å². The van der Waals surface area contributed by atoms with Crippen LogP contribution in [0.2, 0.25) is 0 Å². The third kappa shape index (κ3) is 4.49. The summed E-state index contributed by atoms with van der Waals surface area (Å²) in [5.41, 5.74) is 5.81. The van der Waals surface area contributed by atoms with E-state index < -0.39 is 0 Å². The van der Waals surface area contributed by atoms with E-state index >= 15 is 0 Å². The molecule has 0 bridgehead atoms. The van der Waals surface area contributed by atoms with Crippen molar-refractivity contribution in [2.45, 2.75) is 32.6 Å². The molecular weight excluding hydrogens is 204 g/mol. The lowest BCUT2D eigenvalue weighted by Gasteiger charge is -2.16. The first-order chi connectivity index (χ1) is 7.62. The lowest BCUT2D eigenvalue weighted by molar-refractivity contribution is -0.122. The fourth-order valence-corrected chi connectivity index (χ4v) is 1.77. The molecule has 16 heavy (non-hydrogen) atoms. The molecule has 3 N–H and O–H groups in total. The molecule has 1 aliphatic rings. The van der Waals surface area contributed by atoms with Crippen LogP contribution in [0.15, 0.2) is 0 Å². The lowest BCUT2D eigenvalue weighted by Crippen LogP contribution is -2.32. The number of ether oxygens (including phenoxy) is 1. The number of hydrogen-bond acceptors (Lipinski definition) is 3. The number of nitrogens with one attached hydrogen (secondary N) is 1. The molecule has 0 spiro atoms. The van der Waals surface area contributed by atoms with Gasteiger partial charge in [0.05, 0.1) is 0 Å². The van der Waals surface area contributed by atoms with Gasteiger partial charge in [-0.2, -0.15) is 0 Å². The molecule has 1 rings (SSSR count). The molecule has 0 radical (unpaired) electrons. The molecule has 1 unspecified atom stereocenters. The molecule has 1 fully saturated rings. The zero-order valence-corrected chi connectivity index (χ0v) is 10.4. The van der Waals surface area contributed by atoms with Gasteiger partial charge < -0.3 is 15.8 Å². The standard InChI is InChI=1S/C12H24N2O2/c1-10(8-13)7-11(15)14-9-12(3-4-12)5-6-16-2/h10H,3-9,13H2,1-2H3,(H,14,15). The number of rotatable bonds is 8. The van der Waals surface area contributed by atoms with Gasteiger partial charge in [-0.3, -0.25) is 4.79 Å². The van der Waals surface area contributed by atoms with Crippen LogP contribution in [0.4, 0.5) is 0 Å². The van der Waals surface area contributed by atoms with E-state index in [1.54, 1.807) is 7.11 Å². The summed E-state index contributed by atoms with van der Waals surface area (Å²) in [5.74, 6) is 0.399. The van der Waals surface area contributed by atoms with Crippen molar-refractivity contribution in [3.8, 4) is 0 Å². The Morgan fingerprint density at radius 3 is 2.75 bits per heavy atom. The van der Waals surface area contributed by atoms with Crippen molar-refractivity contribution in [3.63, 3.8) is 0 Å². The van der Waals surface area contributed by atoms with Crippen molar-refractivity contribution >= 4 is 5.91 Å². The fourth-order valence-electron chi connectivity index (χ4n) is 1.77. The Morgan fingerprint density at radius 2 is 2.25 bits per heavy atom. The first-order valence-corrected chi connectivity index (χ1v) is 6.07. The highest BCUT2D eigenvalue weighted by Gasteiger charge is 2.41. The van der Waals surface area contributed by atoms with Crippen LogP contribution in [0.5, 0.6) is 0 Å². The van der Waals surface area contributed by atoms with Crippen molar-refractivity contribution in [1.29, 1.82) is 0 Å². The van der Waals surface area contributed by atoms with E-state index in [1.165, 1.54) is 12.8 Å². The number of methoxy groups -OCH3 is 1. The highest BCUT2D eigenvalue weighted by Crippen LogP contribution is 2.48. The first-order valence-electron chi connectivity index (χ1n) is 6.07. The maximum absolute atomic E-state index is 11.6. The molecule has 1 aliphatic carbocycles. The Hall–Kier alpha value is -0.610. The molecule has 1 atom stereocenters. The van der Waals surface area contributed by atoms with E-state index in [0.717, 1.165) is 19.6 Å². The number of nitrogens with two attached hydrogens (primary N) is 1. The van der Waals surface area contributed by atoms with E-state index in [4.69, 9.17) is 10.5 Å². The third-order valence-electron chi connectivity index (χ3n) is 3.39. The van der Waals surface area contributed by atoms with Gasteiger partial charge in [0, 0.05) is 26.7 Å². The highest BCUT2D eigenvalue weighted by atomic mass is 16.5. The molecular formula is C12H24N2O2. The fraction of sp³-hybridized carbons (Fsp3) is 0.917. The van der Waals surface area contributed by atoms with Crippen LogP contribution in [0, 0.1) is 11.3 Å². The maximum atomic E-state index is 11.6. The van der Waals surface area contributed by atoms with Crippen molar-refractivity contribution < 1.29 is 9.53 Å². The molecule has 0 saturated heterocycles. The third-order valence-corrected chi connectivity index (χ3v) is 3.39. The summed E-state index contributed by atoms with van der Waals surface area (Å²) in [5, 5.41) is 3.01. The van der Waals surface area contributed by atoms with Gasteiger partial charge in [-0.1, -0.05) is 6.92 Å². The average Bonchev–Trinajstić information content (AvgIpc) is 3.04. The molecule has 0 aromatic heterocycles. The lowest BCUT2D eigenvalue weighted by atomic mass is 10.0. The summed E-state index contributed by atoms with van der Waals surface area (Å²) in [6.45, 7) is 4.15. The van der Waals surface area contributed by atoms with Crippen molar-refractivity contribution in [2.24, 2.45) is 17.1 Å². The number of amides is 1. The van der Waals surface area contributed by atoms with Crippen molar-refractivity contribution in [1.82, 2.24) is 5.32 Å². The van der Waals surface area contributed by atoms with Gasteiger partial charge in [-0.15, -0.1) is 0 Å². The largest absolute Gasteiger partial charge is 0.385 e. The summed E-state index contributed by atoms with van der Waals surface area (Å²) >= 11 is 0. The molecule has 0 heterocycles. The van der Waals surface area contributed by atoms with Gasteiger partial charge in [0.2, 0.25) is 5.91 Å². The van der Waals surface area contributed by atoms with Crippen LogP contribution in [-0.2, 0) is 9.53 Å². The Balaban J connectivity index is 2.16. The van der Waals surface area contributed by atoms with Gasteiger partial charge in [-0.05, 0) is 37.1 Å². The number of carbonyl (C=O) groups excluding carboxylic acids is 1. The summed E-state index contributed by atoms with van der Waals surface area (Å²) in [7, 11) is 1.72. The Labute approximate surface area is 97.9 Å². The number of carbonyl (C=O) groups is 1. The van der Waals surface area contributed by atoms with Gasteiger partial charge in [-0.25, -0.2) is 0 Å². The predicted molar refractivity (Wildman–Crippen MR) is 64.0 cm³/mol. The minimum absolute atomic E-state index is 0.127. The topological polar surface area (TPSA) is 64.3 Å². The summed E-state index contributed by atoms with van der Waals surface area (Å²) in [4.78, 5) is 11.6. The van der Waals surface area contributed by atoms with Crippen molar-refractivity contribution in [2.75, 3.05) is 26.8 Å². The number of hydrogen-bond donors (Lipinski definition) is 2. The first kappa shape index (κ1) is 13.5. The van der Waals surface area contributed by atoms with Crippen LogP contribution < -0.4 is 11.1 Å². The summed E-state index contributed by atoms with van der Waals surface area (Å²) in [6, 6.07) is 0. The molecule has 94 valence electrons. The van der Waals surface area contributed by atoms with E-state index in [2.05, 4.69) is 5.32 Å². The van der Waals surface area contributed by atoms with Gasteiger partial charge in [0.25, 0.3) is 0 Å². The Bertz CT molecular complexity index is 227. The minimum Gasteiger partial charge on any atom is -0.385 e. The van der Waals surface area contributed by atoms with Crippen LogP contribution in [0.25, 0.3) is 0 Å². The SMILES string of the molecule is COCCC1(CNC(=O)CC(C)CN)CC1. The molecule has 0 aromatic carbocycles. The van der Waals surface area contributed by atoms with Crippen molar-refractivity contribution in [3.05, 3.63) is 0 Å². The minimum atomic E-state index is 0.127. The summed E-state index contributed by atoms with van der Waals surface area (Å²) < 4.78 is 5.08. The van der Waals surface area contributed by atoms with E-state index in [9.17, 15) is 4.79 Å². The second-order valence-electron chi connectivity index (χ2n) is 5.06. The molecule has 1 saturated carbocycles. The second-order valence-corrected chi connectivity index (χ2v) is 5.06. The van der Waals surface area contributed by atoms with Gasteiger partial charge in [0.1, 0.15) is 0 Å². The van der Waals surface area contributed by atoms with Crippen LogP contribution in [0.1, 0.15) is 32.6 Å². The second kappa shape index (κ2) is 6.21. The van der Waals surface area contributed by atoms with E-state index in [1.807, 2.05) is 6.92 Å². The average molecular weight is 228 g/mol. The van der Waals surface area contributed by atoms with Crippen LogP contribution in [-0.4, -0.2) is 32.7 Å². The van der Waals surface area contributed by atoms with Gasteiger partial charge in [0.15, 0.2) is 0 Å². The van der Waals surface area contributed by atoms with E-state index in [-0.39, 0.29) is 11.8 Å². The quantitative estimate of drug-likeness (QED) is 0.649. The normalized spacial score (nSPS) is 19.2. The molecule has 4 heteroatoms. The summed E-state index contributed by atoms with van der Waals surface area (Å²) in [6.07, 6.45) is 4.01. The molecule has 1 amide bonds. The molecule has 0 aliphatic heterocycles. The Kier molecular flexibility index (Phi) is 5.22. The van der Waals surface area contributed by atoms with Gasteiger partial charge >= 0.3 is 0 Å². The molecule has 4 nitrogen and oxygen atoms in total. The highest BCUT2D eigenvalue weighted by molar-refractivity contribution is 5.76. The van der Waals surface area contributed by atoms with Crippen LogP contribution >= 0.6 is 0 Å². The molecule has 0 aromatic rings. The zero-order chi connectivity index (χ0) is 12.0. The monoisotopic (exact) mass is 228 g/mol. The predicted octanol–water partition coefficient (Wildman–Crippen LogP) is 0.904.